The minimum atomic E-state index is -4.94. The zero-order valence-corrected chi connectivity index (χ0v) is 13.1. The van der Waals surface area contributed by atoms with E-state index in [1.165, 1.54) is 0 Å². The van der Waals surface area contributed by atoms with Gasteiger partial charge in [-0.25, -0.2) is 0 Å². The molecular weight excluding hydrogens is 321 g/mol. The van der Waals surface area contributed by atoms with Crippen molar-refractivity contribution in [2.24, 2.45) is 11.0 Å². The van der Waals surface area contributed by atoms with E-state index in [-0.39, 0.29) is 18.6 Å². The maximum atomic E-state index is 13.6. The highest BCUT2D eigenvalue weighted by atomic mass is 19.4. The molecule has 1 fully saturated rings. The van der Waals surface area contributed by atoms with Gasteiger partial charge in [0.2, 0.25) is 5.91 Å². The summed E-state index contributed by atoms with van der Waals surface area (Å²) in [5, 5.41) is 14.6. The molecule has 1 heterocycles. The Kier molecular flexibility index (Phi) is 4.38. The third-order valence-electron chi connectivity index (χ3n) is 4.74. The molecule has 1 aromatic rings. The Morgan fingerprint density at radius 2 is 2.00 bits per heavy atom. The summed E-state index contributed by atoms with van der Waals surface area (Å²) in [4.78, 5) is 12.4. The Hall–Kier alpha value is -1.89. The number of hydrazone groups is 1. The molecule has 24 heavy (non-hydrogen) atoms. The maximum Gasteiger partial charge on any atom is 0.439 e. The van der Waals surface area contributed by atoms with Gasteiger partial charge in [0.15, 0.2) is 0 Å². The fourth-order valence-corrected chi connectivity index (χ4v) is 3.47. The molecule has 0 spiro atoms. The van der Waals surface area contributed by atoms with Crippen LogP contribution in [0.4, 0.5) is 13.2 Å². The van der Waals surface area contributed by atoms with Gasteiger partial charge >= 0.3 is 6.18 Å². The van der Waals surface area contributed by atoms with Crippen LogP contribution in [0.2, 0.25) is 0 Å². The average Bonchev–Trinajstić information content (AvgIpc) is 2.88. The molecule has 1 aromatic carbocycles. The Labute approximate surface area is 138 Å². The number of alkyl halides is 3. The highest BCUT2D eigenvalue weighted by Gasteiger charge is 2.68. The predicted molar refractivity (Wildman–Crippen MR) is 82.0 cm³/mol. The van der Waals surface area contributed by atoms with Crippen LogP contribution in [0.5, 0.6) is 0 Å². The molecule has 2 atom stereocenters. The summed E-state index contributed by atoms with van der Waals surface area (Å²) in [6.07, 6.45) is -2.86. The second-order valence-corrected chi connectivity index (χ2v) is 6.30. The minimum absolute atomic E-state index is 0.133. The zero-order valence-electron chi connectivity index (χ0n) is 13.1. The third-order valence-corrected chi connectivity index (χ3v) is 4.74. The van der Waals surface area contributed by atoms with Crippen molar-refractivity contribution >= 4 is 11.6 Å². The maximum absolute atomic E-state index is 13.6. The minimum Gasteiger partial charge on any atom is -0.362 e. The predicted octanol–water partition coefficient (Wildman–Crippen LogP) is 3.26. The van der Waals surface area contributed by atoms with Crippen molar-refractivity contribution in [3.05, 3.63) is 35.9 Å². The first-order valence-electron chi connectivity index (χ1n) is 8.07. The average molecular weight is 340 g/mol. The summed E-state index contributed by atoms with van der Waals surface area (Å²) < 4.78 is 40.7. The van der Waals surface area contributed by atoms with Gasteiger partial charge in [-0.3, -0.25) is 4.79 Å². The van der Waals surface area contributed by atoms with Crippen molar-refractivity contribution in [3.63, 3.8) is 0 Å². The number of nitrogens with zero attached hydrogens (tertiary/aromatic N) is 2. The van der Waals surface area contributed by atoms with Gasteiger partial charge in [-0.05, 0) is 31.2 Å². The van der Waals surface area contributed by atoms with Gasteiger partial charge < -0.3 is 5.11 Å². The molecule has 1 aliphatic carbocycles. The molecule has 0 radical (unpaired) electrons. The molecule has 0 bridgehead atoms. The number of benzene rings is 1. The van der Waals surface area contributed by atoms with Crippen molar-refractivity contribution in [1.29, 1.82) is 0 Å². The Morgan fingerprint density at radius 3 is 2.67 bits per heavy atom. The molecule has 2 aliphatic rings. The number of halogens is 3. The summed E-state index contributed by atoms with van der Waals surface area (Å²) in [5.41, 5.74) is -2.07. The largest absolute Gasteiger partial charge is 0.439 e. The van der Waals surface area contributed by atoms with E-state index in [1.54, 1.807) is 24.3 Å². The summed E-state index contributed by atoms with van der Waals surface area (Å²) >= 11 is 0. The van der Waals surface area contributed by atoms with Crippen molar-refractivity contribution in [3.8, 4) is 0 Å². The van der Waals surface area contributed by atoms with Crippen molar-refractivity contribution in [1.82, 2.24) is 5.01 Å². The van der Waals surface area contributed by atoms with Crippen LogP contribution >= 0.6 is 0 Å². The van der Waals surface area contributed by atoms with Gasteiger partial charge in [0.05, 0.1) is 5.92 Å². The molecule has 1 amide bonds. The second kappa shape index (κ2) is 6.20. The topological polar surface area (TPSA) is 52.9 Å². The van der Waals surface area contributed by atoms with Gasteiger partial charge in [0.25, 0.3) is 5.72 Å². The van der Waals surface area contributed by atoms with Crippen LogP contribution in [0.1, 0.15) is 37.7 Å². The van der Waals surface area contributed by atoms with E-state index in [9.17, 15) is 23.1 Å². The number of rotatable bonds is 3. The standard InChI is InChI=1S/C17H19F3N2O2/c18-17(19,20)16(24)13-8-4-5-9-14(13)21-22(16)15(23)11-10-12-6-2-1-3-7-12/h1-3,6-7,13,24H,4-5,8-11H2/t13-,16+/m1/s1. The first-order chi connectivity index (χ1) is 11.3. The lowest BCUT2D eigenvalue weighted by atomic mass is 9.80. The van der Waals surface area contributed by atoms with Crippen LogP contribution < -0.4 is 0 Å². The lowest BCUT2D eigenvalue weighted by Crippen LogP contribution is -2.61. The van der Waals surface area contributed by atoms with E-state index in [1.807, 2.05) is 6.07 Å². The SMILES string of the molecule is O=C(CCc1ccccc1)N1N=C2CCCC[C@H]2[C@]1(O)C(F)(F)F. The first kappa shape index (κ1) is 17.0. The quantitative estimate of drug-likeness (QED) is 0.918. The zero-order chi connectivity index (χ0) is 17.4. The normalized spacial score (nSPS) is 26.9. The summed E-state index contributed by atoms with van der Waals surface area (Å²) in [6, 6.07) is 9.04. The fraction of sp³-hybridized carbons (Fsp3) is 0.529. The number of carbonyl (C=O) groups excluding carboxylic acids is 1. The van der Waals surface area contributed by atoms with Crippen molar-refractivity contribution in [2.75, 3.05) is 0 Å². The Balaban J connectivity index is 1.81. The molecule has 0 aromatic heterocycles. The fourth-order valence-electron chi connectivity index (χ4n) is 3.47. The molecule has 130 valence electrons. The molecule has 7 heteroatoms. The van der Waals surface area contributed by atoms with E-state index in [0.29, 0.717) is 24.3 Å². The van der Waals surface area contributed by atoms with Crippen LogP contribution in [-0.4, -0.2) is 33.6 Å². The highest BCUT2D eigenvalue weighted by molar-refractivity contribution is 5.93. The van der Waals surface area contributed by atoms with Gasteiger partial charge in [-0.2, -0.15) is 23.3 Å². The smallest absolute Gasteiger partial charge is 0.362 e. The van der Waals surface area contributed by atoms with Crippen LogP contribution in [0.3, 0.4) is 0 Å². The monoisotopic (exact) mass is 340 g/mol. The number of aliphatic hydroxyl groups is 1. The van der Waals surface area contributed by atoms with Crippen LogP contribution in [0.15, 0.2) is 35.4 Å². The molecular formula is C17H19F3N2O2. The van der Waals surface area contributed by atoms with Gasteiger partial charge in [0, 0.05) is 12.1 Å². The van der Waals surface area contributed by atoms with Crippen molar-refractivity contribution in [2.45, 2.75) is 50.4 Å². The lowest BCUT2D eigenvalue weighted by molar-refractivity contribution is -0.317. The molecule has 4 nitrogen and oxygen atoms in total. The van der Waals surface area contributed by atoms with Crippen LogP contribution in [0, 0.1) is 5.92 Å². The van der Waals surface area contributed by atoms with Crippen LogP contribution in [0.25, 0.3) is 0 Å². The van der Waals surface area contributed by atoms with Gasteiger partial charge in [-0.15, -0.1) is 0 Å². The Bertz CT molecular complexity index is 645. The number of hydrogen-bond acceptors (Lipinski definition) is 3. The lowest BCUT2D eigenvalue weighted by Gasteiger charge is -2.38. The van der Waals surface area contributed by atoms with Gasteiger partial charge in [-0.1, -0.05) is 36.8 Å². The summed E-state index contributed by atoms with van der Waals surface area (Å²) in [5.74, 6) is -1.95. The van der Waals surface area contributed by atoms with Crippen LogP contribution in [-0.2, 0) is 11.2 Å². The summed E-state index contributed by atoms with van der Waals surface area (Å²) in [6.45, 7) is 0. The second-order valence-electron chi connectivity index (χ2n) is 6.30. The van der Waals surface area contributed by atoms with E-state index >= 15 is 0 Å². The molecule has 1 saturated carbocycles. The highest BCUT2D eigenvalue weighted by Crippen LogP contribution is 2.48. The first-order valence-corrected chi connectivity index (χ1v) is 8.07. The molecule has 3 rings (SSSR count). The van der Waals surface area contributed by atoms with Gasteiger partial charge in [0.1, 0.15) is 0 Å². The molecule has 1 N–H and O–H groups in total. The Morgan fingerprint density at radius 1 is 1.29 bits per heavy atom. The number of amides is 1. The van der Waals surface area contributed by atoms with E-state index in [0.717, 1.165) is 12.0 Å². The number of aryl methyl sites for hydroxylation is 1. The molecule has 0 unspecified atom stereocenters. The number of fused-ring (bicyclic) bond motifs is 1. The molecule has 0 saturated heterocycles. The summed E-state index contributed by atoms with van der Waals surface area (Å²) in [7, 11) is 0. The molecule has 1 aliphatic heterocycles. The third kappa shape index (κ3) is 2.81. The number of hydrogen-bond donors (Lipinski definition) is 1. The van der Waals surface area contributed by atoms with Crippen molar-refractivity contribution < 1.29 is 23.1 Å². The van der Waals surface area contributed by atoms with E-state index in [2.05, 4.69) is 5.10 Å². The van der Waals surface area contributed by atoms with E-state index < -0.39 is 23.7 Å². The number of carbonyl (C=O) groups is 1. The van der Waals surface area contributed by atoms with E-state index in [4.69, 9.17) is 0 Å².